The highest BCUT2D eigenvalue weighted by Crippen LogP contribution is 2.24. The lowest BCUT2D eigenvalue weighted by molar-refractivity contribution is -0.384. The van der Waals surface area contributed by atoms with Gasteiger partial charge in [-0.15, -0.1) is 0 Å². The summed E-state index contributed by atoms with van der Waals surface area (Å²) in [6.07, 6.45) is 1.00. The highest BCUT2D eigenvalue weighted by Gasteiger charge is 2.15. The Morgan fingerprint density at radius 2 is 2.05 bits per heavy atom. The van der Waals surface area contributed by atoms with Crippen LogP contribution in [0.5, 0.6) is 0 Å². The van der Waals surface area contributed by atoms with Crippen molar-refractivity contribution >= 4 is 27.3 Å². The zero-order valence-electron chi connectivity index (χ0n) is 11.1. The summed E-state index contributed by atoms with van der Waals surface area (Å²) in [5.41, 5.74) is 2.05. The first kappa shape index (κ1) is 16.8. The molecule has 0 atom stereocenters. The molecule has 0 spiro atoms. The first-order valence-corrected chi connectivity index (χ1v) is 7.61. The lowest BCUT2D eigenvalue weighted by Crippen LogP contribution is -2.34. The molecule has 0 bridgehead atoms. The molecule has 0 radical (unpaired) electrons. The summed E-state index contributed by atoms with van der Waals surface area (Å²) in [7, 11) is -3.32. The minimum atomic E-state index is -3.32. The van der Waals surface area contributed by atoms with Crippen molar-refractivity contribution in [1.29, 1.82) is 0 Å². The van der Waals surface area contributed by atoms with E-state index in [0.29, 0.717) is 0 Å². The summed E-state index contributed by atoms with van der Waals surface area (Å²) < 4.78 is 23.9. The van der Waals surface area contributed by atoms with Crippen molar-refractivity contribution in [2.75, 3.05) is 24.8 Å². The molecule has 0 saturated carbocycles. The Labute approximate surface area is 120 Å². The number of hydrogen-bond acceptors (Lipinski definition) is 7. The largest absolute Gasteiger partial charge is 0.351 e. The number of hydrazine groups is 1. The number of nitro benzene ring substituents is 1. The molecule has 0 aliphatic heterocycles. The number of nitrogens with zero attached hydrogens (tertiary/aromatic N) is 1. The maximum atomic E-state index is 11.8. The van der Waals surface area contributed by atoms with Gasteiger partial charge in [0.15, 0.2) is 0 Å². The lowest BCUT2D eigenvalue weighted by atomic mass is 10.1. The molecule has 1 aromatic rings. The number of sulfonamides is 1. The van der Waals surface area contributed by atoms with E-state index >= 15 is 0 Å². The van der Waals surface area contributed by atoms with Crippen molar-refractivity contribution in [1.82, 2.24) is 10.0 Å². The number of benzene rings is 1. The molecule has 0 saturated heterocycles. The molecule has 11 heteroatoms. The van der Waals surface area contributed by atoms with Gasteiger partial charge in [0.25, 0.3) is 11.6 Å². The molecule has 0 fully saturated rings. The maximum absolute atomic E-state index is 11.8. The first-order valence-electron chi connectivity index (χ1n) is 5.72. The number of nitrogens with one attached hydrogen (secondary N) is 3. The SMILES string of the molecule is CS(=O)(=O)NCCNC(=O)c1ccc([N+](=O)[O-])c(NN)c1. The van der Waals surface area contributed by atoms with Crippen LogP contribution in [-0.2, 0) is 10.0 Å². The van der Waals surface area contributed by atoms with Gasteiger partial charge in [0, 0.05) is 24.7 Å². The van der Waals surface area contributed by atoms with Gasteiger partial charge in [0.1, 0.15) is 5.69 Å². The Hall–Kier alpha value is -2.24. The monoisotopic (exact) mass is 317 g/mol. The van der Waals surface area contributed by atoms with E-state index in [0.717, 1.165) is 12.3 Å². The van der Waals surface area contributed by atoms with Crippen LogP contribution in [-0.4, -0.2) is 38.6 Å². The topological polar surface area (TPSA) is 156 Å². The van der Waals surface area contributed by atoms with Crippen LogP contribution in [0.2, 0.25) is 0 Å². The van der Waals surface area contributed by atoms with Gasteiger partial charge in [-0.2, -0.15) is 0 Å². The standard InChI is InChI=1S/C10H15N5O5S/c1-21(19,20)13-5-4-12-10(16)7-2-3-9(15(17)18)8(6-7)14-11/h2-3,6,13-14H,4-5,11H2,1H3,(H,12,16). The number of anilines is 1. The van der Waals surface area contributed by atoms with Crippen LogP contribution in [0, 0.1) is 10.1 Å². The summed E-state index contributed by atoms with van der Waals surface area (Å²) >= 11 is 0. The predicted molar refractivity (Wildman–Crippen MR) is 76.1 cm³/mol. The minimum Gasteiger partial charge on any atom is -0.351 e. The van der Waals surface area contributed by atoms with Crippen LogP contribution in [0.3, 0.4) is 0 Å². The van der Waals surface area contributed by atoms with Crippen molar-refractivity contribution < 1.29 is 18.1 Å². The maximum Gasteiger partial charge on any atom is 0.293 e. The van der Waals surface area contributed by atoms with E-state index in [2.05, 4.69) is 15.5 Å². The molecule has 1 aromatic carbocycles. The molecule has 1 rings (SSSR count). The van der Waals surface area contributed by atoms with Gasteiger partial charge in [-0.25, -0.2) is 13.1 Å². The second-order valence-electron chi connectivity index (χ2n) is 4.06. The number of carbonyl (C=O) groups excluding carboxylic acids is 1. The van der Waals surface area contributed by atoms with Gasteiger partial charge >= 0.3 is 0 Å². The fraction of sp³-hybridized carbons (Fsp3) is 0.300. The molecule has 21 heavy (non-hydrogen) atoms. The molecule has 1 amide bonds. The first-order chi connectivity index (χ1) is 9.74. The van der Waals surface area contributed by atoms with Crippen molar-refractivity contribution in [3.8, 4) is 0 Å². The Balaban J connectivity index is 2.69. The zero-order valence-corrected chi connectivity index (χ0v) is 11.9. The van der Waals surface area contributed by atoms with Gasteiger partial charge < -0.3 is 10.7 Å². The number of amides is 1. The summed E-state index contributed by atoms with van der Waals surface area (Å²) in [5.74, 6) is 4.66. The predicted octanol–water partition coefficient (Wildman–Crippen LogP) is -0.841. The molecule has 0 aromatic heterocycles. The van der Waals surface area contributed by atoms with Crippen molar-refractivity contribution in [3.63, 3.8) is 0 Å². The van der Waals surface area contributed by atoms with Crippen LogP contribution in [0.15, 0.2) is 18.2 Å². The number of hydrogen-bond donors (Lipinski definition) is 4. The summed E-state index contributed by atoms with van der Waals surface area (Å²) in [6, 6.07) is 3.66. The van der Waals surface area contributed by atoms with E-state index in [4.69, 9.17) is 5.84 Å². The molecular formula is C10H15N5O5S. The van der Waals surface area contributed by atoms with Crippen LogP contribution in [0.25, 0.3) is 0 Å². The second-order valence-corrected chi connectivity index (χ2v) is 5.89. The van der Waals surface area contributed by atoms with E-state index in [1.165, 1.54) is 12.1 Å². The smallest absolute Gasteiger partial charge is 0.293 e. The van der Waals surface area contributed by atoms with Crippen LogP contribution < -0.4 is 21.3 Å². The zero-order chi connectivity index (χ0) is 16.0. The van der Waals surface area contributed by atoms with E-state index < -0.39 is 20.9 Å². The average Bonchev–Trinajstić information content (AvgIpc) is 2.41. The van der Waals surface area contributed by atoms with Crippen LogP contribution in [0.1, 0.15) is 10.4 Å². The highest BCUT2D eigenvalue weighted by molar-refractivity contribution is 7.88. The second kappa shape index (κ2) is 6.97. The molecule has 10 nitrogen and oxygen atoms in total. The normalized spacial score (nSPS) is 11.0. The van der Waals surface area contributed by atoms with E-state index in [-0.39, 0.29) is 30.0 Å². The van der Waals surface area contributed by atoms with E-state index in [1.807, 2.05) is 0 Å². The van der Waals surface area contributed by atoms with Crippen molar-refractivity contribution in [2.24, 2.45) is 5.84 Å². The van der Waals surface area contributed by atoms with Crippen LogP contribution in [0.4, 0.5) is 11.4 Å². The molecule has 116 valence electrons. The van der Waals surface area contributed by atoms with Gasteiger partial charge in [-0.3, -0.25) is 20.8 Å². The number of nitrogen functional groups attached to an aromatic ring is 1. The third kappa shape index (κ3) is 5.33. The van der Waals surface area contributed by atoms with Gasteiger partial charge in [-0.05, 0) is 12.1 Å². The van der Waals surface area contributed by atoms with Gasteiger partial charge in [0.2, 0.25) is 10.0 Å². The van der Waals surface area contributed by atoms with Crippen LogP contribution >= 0.6 is 0 Å². The number of rotatable bonds is 7. The Kier molecular flexibility index (Phi) is 5.58. The van der Waals surface area contributed by atoms with E-state index in [9.17, 15) is 23.3 Å². The molecule has 5 N–H and O–H groups in total. The molecule has 0 aliphatic carbocycles. The number of nitrogens with two attached hydrogens (primary N) is 1. The summed E-state index contributed by atoms with van der Waals surface area (Å²) in [5, 5.41) is 13.2. The van der Waals surface area contributed by atoms with Crippen molar-refractivity contribution in [3.05, 3.63) is 33.9 Å². The molecule has 0 aliphatic rings. The highest BCUT2D eigenvalue weighted by atomic mass is 32.2. The summed E-state index contributed by atoms with van der Waals surface area (Å²) in [4.78, 5) is 21.9. The molecule has 0 unspecified atom stereocenters. The molecule has 0 heterocycles. The lowest BCUT2D eigenvalue weighted by Gasteiger charge is -2.07. The minimum absolute atomic E-state index is 0.00177. The third-order valence-electron chi connectivity index (χ3n) is 2.39. The quantitative estimate of drug-likeness (QED) is 0.221. The Morgan fingerprint density at radius 3 is 2.57 bits per heavy atom. The number of nitro groups is 1. The average molecular weight is 317 g/mol. The molecular weight excluding hydrogens is 302 g/mol. The fourth-order valence-electron chi connectivity index (χ4n) is 1.47. The van der Waals surface area contributed by atoms with Gasteiger partial charge in [0.05, 0.1) is 11.2 Å². The number of carbonyl (C=O) groups is 1. The van der Waals surface area contributed by atoms with Gasteiger partial charge in [-0.1, -0.05) is 0 Å². The Morgan fingerprint density at radius 1 is 1.38 bits per heavy atom. The third-order valence-corrected chi connectivity index (χ3v) is 3.11. The van der Waals surface area contributed by atoms with Crippen molar-refractivity contribution in [2.45, 2.75) is 0 Å². The fourth-order valence-corrected chi connectivity index (χ4v) is 1.94. The van der Waals surface area contributed by atoms with E-state index in [1.54, 1.807) is 0 Å². The Bertz CT molecular complexity index is 645. The summed E-state index contributed by atoms with van der Waals surface area (Å²) in [6.45, 7) is 0.119.